The number of rotatable bonds is 3. The van der Waals surface area contributed by atoms with Gasteiger partial charge in [-0.1, -0.05) is 22.0 Å². The molecule has 0 saturated carbocycles. The number of nitrogens with one attached hydrogen (secondary N) is 1. The van der Waals surface area contributed by atoms with Crippen LogP contribution in [0.2, 0.25) is 0 Å². The van der Waals surface area contributed by atoms with Crippen molar-refractivity contribution in [2.75, 3.05) is 7.05 Å². The van der Waals surface area contributed by atoms with Crippen molar-refractivity contribution in [3.63, 3.8) is 0 Å². The Morgan fingerprint density at radius 2 is 2.10 bits per heavy atom. The Balaban J connectivity index is 1.99. The van der Waals surface area contributed by atoms with Crippen LogP contribution < -0.4 is 5.32 Å². The lowest BCUT2D eigenvalue weighted by atomic mass is 10.0. The second kappa shape index (κ2) is 5.70. The fourth-order valence-corrected chi connectivity index (χ4v) is 3.57. The van der Waals surface area contributed by atoms with Gasteiger partial charge in [-0.25, -0.2) is 4.98 Å². The molecule has 0 radical (unpaired) electrons. The second-order valence-electron chi connectivity index (χ2n) is 5.43. The molecule has 106 valence electrons. The summed E-state index contributed by atoms with van der Waals surface area (Å²) in [6.45, 7) is 2.17. The third-order valence-corrected chi connectivity index (χ3v) is 4.88. The fourth-order valence-electron chi connectivity index (χ4n) is 2.86. The summed E-state index contributed by atoms with van der Waals surface area (Å²) < 4.78 is 3.39. The van der Waals surface area contributed by atoms with Crippen molar-refractivity contribution in [3.8, 4) is 5.69 Å². The van der Waals surface area contributed by atoms with Crippen LogP contribution in [0.1, 0.15) is 42.8 Å². The molecule has 1 unspecified atom stereocenters. The first-order valence-electron chi connectivity index (χ1n) is 7.23. The van der Waals surface area contributed by atoms with Crippen LogP contribution in [-0.2, 0) is 12.8 Å². The third-order valence-electron chi connectivity index (χ3n) is 4.19. The Kier molecular flexibility index (Phi) is 3.94. The van der Waals surface area contributed by atoms with E-state index in [4.69, 9.17) is 0 Å². The lowest BCUT2D eigenvalue weighted by molar-refractivity contribution is 0.648. The maximum Gasteiger partial charge on any atom is 0.0997 e. The third kappa shape index (κ3) is 2.42. The molecule has 1 aliphatic carbocycles. The van der Waals surface area contributed by atoms with Gasteiger partial charge < -0.3 is 9.88 Å². The molecule has 1 aromatic carbocycles. The summed E-state index contributed by atoms with van der Waals surface area (Å²) in [5, 5.41) is 3.28. The number of halogens is 1. The SMILES string of the molecule is CNC(C)c1ccc(-n2cnc3c2CCCC3)cc1Br. The van der Waals surface area contributed by atoms with E-state index in [1.807, 2.05) is 13.4 Å². The summed E-state index contributed by atoms with van der Waals surface area (Å²) in [5.74, 6) is 0. The first kappa shape index (κ1) is 13.8. The summed E-state index contributed by atoms with van der Waals surface area (Å²) in [6.07, 6.45) is 6.78. The van der Waals surface area contributed by atoms with Crippen molar-refractivity contribution >= 4 is 15.9 Å². The van der Waals surface area contributed by atoms with Crippen LogP contribution in [0.3, 0.4) is 0 Å². The van der Waals surface area contributed by atoms with Gasteiger partial charge in [0.15, 0.2) is 0 Å². The maximum atomic E-state index is 4.57. The largest absolute Gasteiger partial charge is 0.313 e. The molecular weight excluding hydrogens is 314 g/mol. The molecule has 4 heteroatoms. The van der Waals surface area contributed by atoms with Crippen molar-refractivity contribution in [2.24, 2.45) is 0 Å². The van der Waals surface area contributed by atoms with Gasteiger partial charge >= 0.3 is 0 Å². The molecule has 0 amide bonds. The zero-order valence-electron chi connectivity index (χ0n) is 12.0. The highest BCUT2D eigenvalue weighted by Crippen LogP contribution is 2.28. The minimum atomic E-state index is 0.343. The Morgan fingerprint density at radius 3 is 2.85 bits per heavy atom. The Labute approximate surface area is 128 Å². The summed E-state index contributed by atoms with van der Waals surface area (Å²) >= 11 is 3.70. The van der Waals surface area contributed by atoms with Crippen LogP contribution in [0.4, 0.5) is 0 Å². The Hall–Kier alpha value is -1.13. The van der Waals surface area contributed by atoms with E-state index in [-0.39, 0.29) is 0 Å². The van der Waals surface area contributed by atoms with E-state index in [1.165, 1.54) is 35.5 Å². The van der Waals surface area contributed by atoms with E-state index in [1.54, 1.807) is 0 Å². The molecule has 1 heterocycles. The van der Waals surface area contributed by atoms with Crippen molar-refractivity contribution < 1.29 is 0 Å². The van der Waals surface area contributed by atoms with Gasteiger partial charge in [0.05, 0.1) is 12.0 Å². The number of benzene rings is 1. The van der Waals surface area contributed by atoms with E-state index in [0.717, 1.165) is 17.3 Å². The molecule has 1 atom stereocenters. The van der Waals surface area contributed by atoms with Crippen molar-refractivity contribution in [3.05, 3.63) is 46.0 Å². The summed E-state index contributed by atoms with van der Waals surface area (Å²) in [4.78, 5) is 4.57. The first-order valence-corrected chi connectivity index (χ1v) is 8.02. The molecule has 3 rings (SSSR count). The van der Waals surface area contributed by atoms with Crippen LogP contribution in [0.25, 0.3) is 5.69 Å². The molecule has 0 spiro atoms. The highest BCUT2D eigenvalue weighted by atomic mass is 79.9. The van der Waals surface area contributed by atoms with Gasteiger partial charge in [0.2, 0.25) is 0 Å². The normalized spacial score (nSPS) is 15.9. The number of hydrogen-bond acceptors (Lipinski definition) is 2. The number of hydrogen-bond donors (Lipinski definition) is 1. The zero-order chi connectivity index (χ0) is 14.1. The van der Waals surface area contributed by atoms with Crippen molar-refractivity contribution in [1.82, 2.24) is 14.9 Å². The van der Waals surface area contributed by atoms with Gasteiger partial charge in [-0.15, -0.1) is 0 Å². The van der Waals surface area contributed by atoms with Gasteiger partial charge in [-0.3, -0.25) is 0 Å². The minimum absolute atomic E-state index is 0.343. The topological polar surface area (TPSA) is 29.9 Å². The lowest BCUT2D eigenvalue weighted by Gasteiger charge is -2.17. The lowest BCUT2D eigenvalue weighted by Crippen LogP contribution is -2.13. The number of aryl methyl sites for hydroxylation is 1. The van der Waals surface area contributed by atoms with Gasteiger partial charge in [0.25, 0.3) is 0 Å². The highest BCUT2D eigenvalue weighted by molar-refractivity contribution is 9.10. The van der Waals surface area contributed by atoms with Gasteiger partial charge in [0, 0.05) is 21.9 Å². The molecule has 0 saturated heterocycles. The predicted octanol–water partition coefficient (Wildman–Crippen LogP) is 3.79. The molecular formula is C16H20BrN3. The van der Waals surface area contributed by atoms with E-state index in [0.29, 0.717) is 6.04 Å². The highest BCUT2D eigenvalue weighted by Gasteiger charge is 2.17. The summed E-state index contributed by atoms with van der Waals surface area (Å²) in [5.41, 5.74) is 5.14. The average Bonchev–Trinajstić information content (AvgIpc) is 2.90. The Bertz CT molecular complexity index is 618. The second-order valence-corrected chi connectivity index (χ2v) is 6.29. The molecule has 1 aliphatic rings. The maximum absolute atomic E-state index is 4.57. The molecule has 1 N–H and O–H groups in total. The summed E-state index contributed by atoms with van der Waals surface area (Å²) in [6, 6.07) is 6.91. The van der Waals surface area contributed by atoms with Crippen LogP contribution in [0.5, 0.6) is 0 Å². The van der Waals surface area contributed by atoms with E-state index >= 15 is 0 Å². The zero-order valence-corrected chi connectivity index (χ0v) is 13.6. The van der Waals surface area contributed by atoms with Gasteiger partial charge in [-0.2, -0.15) is 0 Å². The standard InChI is InChI=1S/C16H20BrN3/c1-11(18-2)13-8-7-12(9-14(13)17)20-10-19-15-5-3-4-6-16(15)20/h7-11,18H,3-6H2,1-2H3. The number of aromatic nitrogens is 2. The molecule has 0 bridgehead atoms. The van der Waals surface area contributed by atoms with Gasteiger partial charge in [-0.05, 0) is 57.4 Å². The van der Waals surface area contributed by atoms with E-state index < -0.39 is 0 Å². The monoisotopic (exact) mass is 333 g/mol. The smallest absolute Gasteiger partial charge is 0.0997 e. The number of nitrogens with zero attached hydrogens (tertiary/aromatic N) is 2. The molecule has 0 fully saturated rings. The molecule has 0 aliphatic heterocycles. The fraction of sp³-hybridized carbons (Fsp3) is 0.438. The minimum Gasteiger partial charge on any atom is -0.313 e. The Morgan fingerprint density at radius 1 is 1.30 bits per heavy atom. The molecule has 20 heavy (non-hydrogen) atoms. The number of fused-ring (bicyclic) bond motifs is 1. The van der Waals surface area contributed by atoms with Crippen molar-refractivity contribution in [2.45, 2.75) is 38.6 Å². The quantitative estimate of drug-likeness (QED) is 0.925. The van der Waals surface area contributed by atoms with Crippen molar-refractivity contribution in [1.29, 1.82) is 0 Å². The van der Waals surface area contributed by atoms with Crippen LogP contribution in [0, 0.1) is 0 Å². The van der Waals surface area contributed by atoms with Gasteiger partial charge in [0.1, 0.15) is 0 Å². The van der Waals surface area contributed by atoms with Crippen LogP contribution in [-0.4, -0.2) is 16.6 Å². The molecule has 2 aromatic rings. The predicted molar refractivity (Wildman–Crippen MR) is 85.4 cm³/mol. The first-order chi connectivity index (χ1) is 9.70. The van der Waals surface area contributed by atoms with E-state index in [2.05, 4.69) is 55.9 Å². The molecule has 3 nitrogen and oxygen atoms in total. The van der Waals surface area contributed by atoms with E-state index in [9.17, 15) is 0 Å². The summed E-state index contributed by atoms with van der Waals surface area (Å²) in [7, 11) is 1.98. The number of imidazole rings is 1. The average molecular weight is 334 g/mol. The van der Waals surface area contributed by atoms with Crippen LogP contribution >= 0.6 is 15.9 Å². The molecule has 1 aromatic heterocycles. The van der Waals surface area contributed by atoms with Crippen LogP contribution in [0.15, 0.2) is 29.0 Å².